The van der Waals surface area contributed by atoms with Crippen LogP contribution < -0.4 is 0 Å². The lowest BCUT2D eigenvalue weighted by molar-refractivity contribution is -0.384. The van der Waals surface area contributed by atoms with Gasteiger partial charge in [-0.2, -0.15) is 0 Å². The number of fused-ring (bicyclic) bond motifs is 8. The molecule has 0 spiro atoms. The van der Waals surface area contributed by atoms with Gasteiger partial charge >= 0.3 is 11.9 Å². The van der Waals surface area contributed by atoms with Crippen LogP contribution in [0, 0.1) is 24.0 Å². The molecule has 0 amide bonds. The zero-order chi connectivity index (χ0) is 38.2. The van der Waals surface area contributed by atoms with Gasteiger partial charge < -0.3 is 20.2 Å². The standard InChI is InChI=1S/C30H30N4O4.C11H9NO3/c1-15-9-20-12-25-17(3)21(5-7-29(35)36)27(33-25)14-28-22(6-8-30(37)38)18(4)26(34-28)13-24-16(2)10-19(32-24)11-23(15)31-20;13-9-3-1-2-4-10-5-7-11(8-6-10)12(14)15/h9-14,31-32H,5-8H2,1-4H3,(H,35,36)(H,37,38);1-9H/b;3-1+,4-2+. The average molecular weight is 714 g/mol. The summed E-state index contributed by atoms with van der Waals surface area (Å²) in [5.41, 5.74) is 13.3. The van der Waals surface area contributed by atoms with Crippen molar-refractivity contribution in [2.24, 2.45) is 0 Å². The smallest absolute Gasteiger partial charge is 0.303 e. The Morgan fingerprint density at radius 1 is 0.698 bits per heavy atom. The number of hydrogen-bond acceptors (Lipinski definition) is 7. The minimum Gasteiger partial charge on any atom is -0.481 e. The number of non-ortho nitro benzene ring substituents is 1. The molecule has 12 nitrogen and oxygen atoms in total. The lowest BCUT2D eigenvalue weighted by Gasteiger charge is -2.05. The largest absolute Gasteiger partial charge is 0.481 e. The number of hydrogen-bond donors (Lipinski definition) is 4. The summed E-state index contributed by atoms with van der Waals surface area (Å²) in [5.74, 6) is -1.75. The van der Waals surface area contributed by atoms with E-state index in [0.717, 1.165) is 72.4 Å². The van der Waals surface area contributed by atoms with Crippen LogP contribution in [0.4, 0.5) is 5.69 Å². The Hall–Kier alpha value is -6.69. The predicted molar refractivity (Wildman–Crippen MR) is 207 cm³/mol. The van der Waals surface area contributed by atoms with Crippen molar-refractivity contribution in [3.63, 3.8) is 0 Å². The van der Waals surface area contributed by atoms with E-state index in [2.05, 4.69) is 35.1 Å². The molecule has 53 heavy (non-hydrogen) atoms. The Morgan fingerprint density at radius 2 is 1.21 bits per heavy atom. The lowest BCUT2D eigenvalue weighted by Crippen LogP contribution is -1.97. The molecule has 270 valence electrons. The predicted octanol–water partition coefficient (Wildman–Crippen LogP) is 8.89. The van der Waals surface area contributed by atoms with Crippen molar-refractivity contribution in [3.05, 3.63) is 128 Å². The summed E-state index contributed by atoms with van der Waals surface area (Å²) >= 11 is 0. The number of H-pyrrole nitrogens is 2. The van der Waals surface area contributed by atoms with Crippen LogP contribution in [-0.4, -0.2) is 53.3 Å². The summed E-state index contributed by atoms with van der Waals surface area (Å²) in [5, 5.41) is 29.1. The number of nitro benzene ring substituents is 1. The Balaban J connectivity index is 0.000000303. The van der Waals surface area contributed by atoms with Gasteiger partial charge in [0.25, 0.3) is 5.69 Å². The first kappa shape index (κ1) is 37.6. The maximum atomic E-state index is 11.4. The number of nitro groups is 1. The lowest BCUT2D eigenvalue weighted by atomic mass is 9.98. The number of nitrogens with one attached hydrogen (secondary N) is 2. The number of aldehydes is 1. The summed E-state index contributed by atoms with van der Waals surface area (Å²) in [6.07, 6.45) is 7.73. The van der Waals surface area contributed by atoms with E-state index in [-0.39, 0.29) is 18.5 Å². The van der Waals surface area contributed by atoms with Crippen LogP contribution in [0.25, 0.3) is 50.4 Å². The molecule has 2 aliphatic rings. The highest BCUT2D eigenvalue weighted by Gasteiger charge is 2.22. The quantitative estimate of drug-likeness (QED) is 0.0408. The van der Waals surface area contributed by atoms with E-state index >= 15 is 0 Å². The molecule has 0 unspecified atom stereocenters. The second-order valence-corrected chi connectivity index (χ2v) is 12.7. The molecule has 5 heterocycles. The van der Waals surface area contributed by atoms with Gasteiger partial charge in [0.05, 0.1) is 27.7 Å². The topological polar surface area (TPSA) is 192 Å². The molecule has 12 heteroatoms. The van der Waals surface area contributed by atoms with Crippen LogP contribution in [0.5, 0.6) is 0 Å². The zero-order valence-electron chi connectivity index (χ0n) is 29.8. The van der Waals surface area contributed by atoms with Gasteiger partial charge in [-0.1, -0.05) is 18.2 Å². The number of allylic oxidation sites excluding steroid dienone is 7. The van der Waals surface area contributed by atoms with Crippen molar-refractivity contribution in [2.75, 3.05) is 0 Å². The molecule has 0 radical (unpaired) electrons. The molecule has 1 aromatic carbocycles. The van der Waals surface area contributed by atoms with Crippen LogP contribution in [0.1, 0.15) is 79.0 Å². The molecule has 3 aromatic heterocycles. The average Bonchev–Trinajstić information content (AvgIpc) is 3.81. The molecule has 6 rings (SSSR count). The monoisotopic (exact) mass is 713 g/mol. The molecule has 0 atom stereocenters. The van der Waals surface area contributed by atoms with Crippen molar-refractivity contribution in [1.29, 1.82) is 0 Å². The van der Waals surface area contributed by atoms with Crippen LogP contribution in [-0.2, 0) is 14.4 Å². The fourth-order valence-corrected chi connectivity index (χ4v) is 6.08. The maximum Gasteiger partial charge on any atom is 0.303 e. The van der Waals surface area contributed by atoms with Crippen LogP contribution in [0.3, 0.4) is 0 Å². The number of carbonyl (C=O) groups excluding carboxylic acids is 1. The van der Waals surface area contributed by atoms with Crippen molar-refractivity contribution in [3.8, 4) is 0 Å². The summed E-state index contributed by atoms with van der Waals surface area (Å²) in [6, 6.07) is 18.2. The van der Waals surface area contributed by atoms with E-state index in [1.807, 2.05) is 39.0 Å². The highest BCUT2D eigenvalue weighted by Crippen LogP contribution is 2.37. The Morgan fingerprint density at radius 3 is 1.72 bits per heavy atom. The number of carboxylic acids is 2. The van der Waals surface area contributed by atoms with Crippen molar-refractivity contribution < 1.29 is 29.5 Å². The molecule has 0 fully saturated rings. The zero-order valence-corrected chi connectivity index (χ0v) is 29.8. The van der Waals surface area contributed by atoms with Gasteiger partial charge in [0.15, 0.2) is 0 Å². The first-order valence-electron chi connectivity index (χ1n) is 16.9. The first-order chi connectivity index (χ1) is 25.3. The van der Waals surface area contributed by atoms with Gasteiger partial charge in [-0.15, -0.1) is 0 Å². The third-order valence-electron chi connectivity index (χ3n) is 8.94. The molecule has 4 aromatic rings. The van der Waals surface area contributed by atoms with Crippen molar-refractivity contribution in [1.82, 2.24) is 19.9 Å². The molecule has 8 bridgehead atoms. The molecule has 4 N–H and O–H groups in total. The van der Waals surface area contributed by atoms with Crippen LogP contribution in [0.15, 0.2) is 78.9 Å². The first-order valence-corrected chi connectivity index (χ1v) is 16.9. The molecule has 2 aliphatic heterocycles. The molecular weight excluding hydrogens is 674 g/mol. The Labute approximate surface area is 305 Å². The number of carboxylic acid groups (broad SMARTS) is 2. The van der Waals surface area contributed by atoms with Crippen LogP contribution >= 0.6 is 0 Å². The molecule has 0 saturated carbocycles. The number of aromatic nitrogens is 4. The van der Waals surface area contributed by atoms with Gasteiger partial charge in [0, 0.05) is 47.0 Å². The number of rotatable bonds is 10. The fraction of sp³-hybridized carbons (Fsp3) is 0.195. The third-order valence-corrected chi connectivity index (χ3v) is 8.94. The number of aryl methyl sites for hydroxylation is 2. The van der Waals surface area contributed by atoms with Gasteiger partial charge in [-0.05, 0) is 134 Å². The highest BCUT2D eigenvalue weighted by atomic mass is 16.6. The van der Waals surface area contributed by atoms with Crippen molar-refractivity contribution >= 4 is 74.3 Å². The second kappa shape index (κ2) is 16.6. The second-order valence-electron chi connectivity index (χ2n) is 12.7. The number of nitrogens with zero attached hydrogens (tertiary/aromatic N) is 3. The van der Waals surface area contributed by atoms with E-state index in [4.69, 9.17) is 9.97 Å². The van der Waals surface area contributed by atoms with Gasteiger partial charge in [-0.3, -0.25) is 24.5 Å². The van der Waals surface area contributed by atoms with E-state index in [0.29, 0.717) is 30.5 Å². The summed E-state index contributed by atoms with van der Waals surface area (Å²) < 4.78 is 0. The fourth-order valence-electron chi connectivity index (χ4n) is 6.08. The van der Waals surface area contributed by atoms with Gasteiger partial charge in [0.1, 0.15) is 6.29 Å². The molecule has 0 aliphatic carbocycles. The summed E-state index contributed by atoms with van der Waals surface area (Å²) in [4.78, 5) is 59.4. The Bertz CT molecular complexity index is 2390. The van der Waals surface area contributed by atoms with Crippen molar-refractivity contribution in [2.45, 2.75) is 53.4 Å². The minimum absolute atomic E-state index is 0.0138. The third kappa shape index (κ3) is 9.36. The van der Waals surface area contributed by atoms with Gasteiger partial charge in [0.2, 0.25) is 0 Å². The number of benzene rings is 1. The minimum atomic E-state index is -0.873. The Kier molecular flexibility index (Phi) is 11.7. The van der Waals surface area contributed by atoms with E-state index in [1.54, 1.807) is 30.4 Å². The number of aromatic amines is 2. The van der Waals surface area contributed by atoms with E-state index < -0.39 is 16.9 Å². The van der Waals surface area contributed by atoms with Gasteiger partial charge in [-0.25, -0.2) is 9.97 Å². The molecule has 0 saturated heterocycles. The van der Waals surface area contributed by atoms with E-state index in [9.17, 15) is 34.7 Å². The molecular formula is C41H39N5O7. The normalized spacial score (nSPS) is 12.7. The number of carbonyl (C=O) groups is 3. The summed E-state index contributed by atoms with van der Waals surface area (Å²) in [6.45, 7) is 8.01. The van der Waals surface area contributed by atoms with Crippen LogP contribution in [0.2, 0.25) is 0 Å². The van der Waals surface area contributed by atoms with E-state index in [1.165, 1.54) is 18.2 Å². The number of aliphatic carboxylic acids is 2. The SMILES string of the molecule is CC1=C(CCC(=O)O)c2cc3nc(cc4[nH]c(cc4C)cc4[nH]c(cc1n2)cc4C)C(C)=C3CCC(=O)O.O=C/C=C/C=C/c1ccc([N+](=O)[O-])cc1. The highest BCUT2D eigenvalue weighted by molar-refractivity contribution is 5.96. The summed E-state index contributed by atoms with van der Waals surface area (Å²) in [7, 11) is 0. The maximum absolute atomic E-state index is 11.4.